The number of piperazine rings is 1. The quantitative estimate of drug-likeness (QED) is 0.410. The zero-order valence-corrected chi connectivity index (χ0v) is 16.0. The maximum atomic E-state index is 4.26. The van der Waals surface area contributed by atoms with Crippen LogP contribution in [-0.4, -0.2) is 63.7 Å². The summed E-state index contributed by atoms with van der Waals surface area (Å²) in [7, 11) is 1.84. The van der Waals surface area contributed by atoms with E-state index in [4.69, 9.17) is 0 Å². The van der Waals surface area contributed by atoms with Gasteiger partial charge in [0.2, 0.25) is 0 Å². The van der Waals surface area contributed by atoms with Crippen LogP contribution in [0.1, 0.15) is 32.6 Å². The lowest BCUT2D eigenvalue weighted by Crippen LogP contribution is -2.46. The molecule has 0 unspecified atom stereocenters. The summed E-state index contributed by atoms with van der Waals surface area (Å²) in [6, 6.07) is 10.8. The molecule has 25 heavy (non-hydrogen) atoms. The molecule has 140 valence electrons. The summed E-state index contributed by atoms with van der Waals surface area (Å²) < 4.78 is 0. The number of aliphatic imine (C=N–C) groups is 1. The van der Waals surface area contributed by atoms with Gasteiger partial charge in [-0.05, 0) is 37.9 Å². The molecule has 1 aromatic rings. The number of hydrogen-bond donors (Lipinski definition) is 2. The highest BCUT2D eigenvalue weighted by atomic mass is 15.3. The topological polar surface area (TPSA) is 42.9 Å². The van der Waals surface area contributed by atoms with Crippen molar-refractivity contribution in [2.24, 2.45) is 4.99 Å². The average molecular weight is 346 g/mol. The SMILES string of the molecule is CCCCNC(=NC)NCCCCN1CCN(c2ccccc2)CC1. The van der Waals surface area contributed by atoms with Crippen molar-refractivity contribution >= 4 is 11.6 Å². The van der Waals surface area contributed by atoms with Crippen molar-refractivity contribution in [3.8, 4) is 0 Å². The summed E-state index contributed by atoms with van der Waals surface area (Å²) >= 11 is 0. The predicted molar refractivity (Wildman–Crippen MR) is 109 cm³/mol. The van der Waals surface area contributed by atoms with Gasteiger partial charge < -0.3 is 15.5 Å². The van der Waals surface area contributed by atoms with E-state index in [-0.39, 0.29) is 0 Å². The van der Waals surface area contributed by atoms with E-state index in [0.29, 0.717) is 0 Å². The number of nitrogens with zero attached hydrogens (tertiary/aromatic N) is 3. The molecule has 1 aliphatic heterocycles. The number of anilines is 1. The molecule has 1 saturated heterocycles. The van der Waals surface area contributed by atoms with Gasteiger partial charge in [-0.25, -0.2) is 0 Å². The second-order valence-corrected chi connectivity index (χ2v) is 6.65. The second kappa shape index (κ2) is 11.7. The Morgan fingerprint density at radius 3 is 2.28 bits per heavy atom. The van der Waals surface area contributed by atoms with Crippen molar-refractivity contribution in [3.05, 3.63) is 30.3 Å². The third-order valence-corrected chi connectivity index (χ3v) is 4.73. The Hall–Kier alpha value is -1.75. The van der Waals surface area contributed by atoms with E-state index >= 15 is 0 Å². The standard InChI is InChI=1S/C20H35N5/c1-3-4-12-22-20(21-2)23-13-8-9-14-24-15-17-25(18-16-24)19-10-6-5-7-11-19/h5-7,10-11H,3-4,8-9,12-18H2,1-2H3,(H2,21,22,23). The van der Waals surface area contributed by atoms with Crippen molar-refractivity contribution < 1.29 is 0 Å². The zero-order valence-electron chi connectivity index (χ0n) is 16.0. The fourth-order valence-electron chi connectivity index (χ4n) is 3.14. The van der Waals surface area contributed by atoms with Crippen LogP contribution in [0.5, 0.6) is 0 Å². The summed E-state index contributed by atoms with van der Waals surface area (Å²) in [5.41, 5.74) is 1.35. The predicted octanol–water partition coefficient (Wildman–Crippen LogP) is 2.55. The number of benzene rings is 1. The van der Waals surface area contributed by atoms with E-state index in [1.165, 1.54) is 51.0 Å². The molecule has 0 spiro atoms. The molecule has 1 fully saturated rings. The first-order valence-corrected chi connectivity index (χ1v) is 9.80. The van der Waals surface area contributed by atoms with E-state index in [9.17, 15) is 0 Å². The molecule has 5 nitrogen and oxygen atoms in total. The van der Waals surface area contributed by atoms with Crippen LogP contribution in [0.15, 0.2) is 35.3 Å². The molecule has 0 aromatic heterocycles. The third-order valence-electron chi connectivity index (χ3n) is 4.73. The van der Waals surface area contributed by atoms with Crippen molar-refractivity contribution in [3.63, 3.8) is 0 Å². The van der Waals surface area contributed by atoms with Crippen LogP contribution in [0.25, 0.3) is 0 Å². The van der Waals surface area contributed by atoms with E-state index in [1.807, 2.05) is 7.05 Å². The number of rotatable bonds is 9. The van der Waals surface area contributed by atoms with Crippen molar-refractivity contribution in [1.29, 1.82) is 0 Å². The molecule has 2 rings (SSSR count). The Morgan fingerprint density at radius 1 is 0.960 bits per heavy atom. The highest BCUT2D eigenvalue weighted by Gasteiger charge is 2.16. The lowest BCUT2D eigenvalue weighted by atomic mass is 10.2. The van der Waals surface area contributed by atoms with Crippen LogP contribution in [0, 0.1) is 0 Å². The Kier molecular flexibility index (Phi) is 9.19. The molecule has 1 aliphatic rings. The largest absolute Gasteiger partial charge is 0.369 e. The molecule has 0 atom stereocenters. The maximum Gasteiger partial charge on any atom is 0.190 e. The molecule has 0 saturated carbocycles. The lowest BCUT2D eigenvalue weighted by Gasteiger charge is -2.36. The Bertz CT molecular complexity index is 480. The summed E-state index contributed by atoms with van der Waals surface area (Å²) in [5.74, 6) is 0.935. The molecule has 1 aromatic carbocycles. The van der Waals surface area contributed by atoms with Gasteiger partial charge in [0.25, 0.3) is 0 Å². The highest BCUT2D eigenvalue weighted by Crippen LogP contribution is 2.15. The van der Waals surface area contributed by atoms with Gasteiger partial charge in [0.15, 0.2) is 5.96 Å². The van der Waals surface area contributed by atoms with Crippen LogP contribution in [0.3, 0.4) is 0 Å². The van der Waals surface area contributed by atoms with Gasteiger partial charge >= 0.3 is 0 Å². The average Bonchev–Trinajstić information content (AvgIpc) is 2.67. The van der Waals surface area contributed by atoms with Gasteiger partial charge in [-0.15, -0.1) is 0 Å². The maximum absolute atomic E-state index is 4.26. The molecule has 0 bridgehead atoms. The summed E-state index contributed by atoms with van der Waals surface area (Å²) in [6.45, 7) is 10.0. The first-order valence-electron chi connectivity index (χ1n) is 9.80. The molecule has 0 radical (unpaired) electrons. The Balaban J connectivity index is 1.53. The molecule has 5 heteroatoms. The Morgan fingerprint density at radius 2 is 1.64 bits per heavy atom. The zero-order chi connectivity index (χ0) is 17.7. The molecule has 0 amide bonds. The van der Waals surface area contributed by atoms with Crippen LogP contribution in [0.2, 0.25) is 0 Å². The summed E-state index contributed by atoms with van der Waals surface area (Å²) in [5, 5.41) is 6.76. The fraction of sp³-hybridized carbons (Fsp3) is 0.650. The number of nitrogens with one attached hydrogen (secondary N) is 2. The van der Waals surface area contributed by atoms with E-state index < -0.39 is 0 Å². The fourth-order valence-corrected chi connectivity index (χ4v) is 3.14. The van der Waals surface area contributed by atoms with Gasteiger partial charge in [-0.3, -0.25) is 9.89 Å². The summed E-state index contributed by atoms with van der Waals surface area (Å²) in [6.07, 6.45) is 4.83. The molecule has 2 N–H and O–H groups in total. The highest BCUT2D eigenvalue weighted by molar-refractivity contribution is 5.79. The van der Waals surface area contributed by atoms with Crippen molar-refractivity contribution in [1.82, 2.24) is 15.5 Å². The van der Waals surface area contributed by atoms with E-state index in [1.54, 1.807) is 0 Å². The summed E-state index contributed by atoms with van der Waals surface area (Å²) in [4.78, 5) is 9.34. The number of hydrogen-bond acceptors (Lipinski definition) is 3. The van der Waals surface area contributed by atoms with Crippen LogP contribution in [0.4, 0.5) is 5.69 Å². The molecule has 0 aliphatic carbocycles. The smallest absolute Gasteiger partial charge is 0.190 e. The van der Waals surface area contributed by atoms with Gasteiger partial charge in [-0.2, -0.15) is 0 Å². The first kappa shape index (κ1) is 19.6. The minimum absolute atomic E-state index is 0.935. The molecular formula is C20H35N5. The van der Waals surface area contributed by atoms with E-state index in [2.05, 4.69) is 62.7 Å². The second-order valence-electron chi connectivity index (χ2n) is 6.65. The monoisotopic (exact) mass is 345 g/mol. The minimum atomic E-state index is 0.935. The van der Waals surface area contributed by atoms with E-state index in [0.717, 1.165) is 32.1 Å². The normalized spacial score (nSPS) is 16.1. The van der Waals surface area contributed by atoms with Crippen LogP contribution in [-0.2, 0) is 0 Å². The van der Waals surface area contributed by atoms with Crippen molar-refractivity contribution in [2.45, 2.75) is 32.6 Å². The van der Waals surface area contributed by atoms with Gasteiger partial charge in [0.05, 0.1) is 0 Å². The van der Waals surface area contributed by atoms with Gasteiger partial charge in [0.1, 0.15) is 0 Å². The number of guanidine groups is 1. The lowest BCUT2D eigenvalue weighted by molar-refractivity contribution is 0.253. The van der Waals surface area contributed by atoms with Crippen LogP contribution >= 0.6 is 0 Å². The van der Waals surface area contributed by atoms with Gasteiger partial charge in [-0.1, -0.05) is 31.5 Å². The van der Waals surface area contributed by atoms with Crippen molar-refractivity contribution in [2.75, 3.05) is 57.8 Å². The van der Waals surface area contributed by atoms with Crippen LogP contribution < -0.4 is 15.5 Å². The Labute approximate surface area is 153 Å². The number of para-hydroxylation sites is 1. The molecular weight excluding hydrogens is 310 g/mol. The molecule has 1 heterocycles. The first-order chi connectivity index (χ1) is 12.3. The third kappa shape index (κ3) is 7.34. The number of unbranched alkanes of at least 4 members (excludes halogenated alkanes) is 2. The van der Waals surface area contributed by atoms with Gasteiger partial charge in [0, 0.05) is 52.0 Å². The minimum Gasteiger partial charge on any atom is -0.369 e.